The zero-order chi connectivity index (χ0) is 13.5. The van der Waals surface area contributed by atoms with Crippen LogP contribution in [0.2, 0.25) is 0 Å². The van der Waals surface area contributed by atoms with Gasteiger partial charge in [0, 0.05) is 5.69 Å². The van der Waals surface area contributed by atoms with Gasteiger partial charge in [0.05, 0.1) is 13.2 Å². The molecule has 0 aromatic heterocycles. The number of anilines is 1. The highest BCUT2D eigenvalue weighted by Crippen LogP contribution is 2.38. The fourth-order valence-electron chi connectivity index (χ4n) is 2.37. The van der Waals surface area contributed by atoms with E-state index in [4.69, 9.17) is 4.74 Å². The minimum Gasteiger partial charge on any atom is -0.497 e. The molecule has 0 radical (unpaired) electrons. The molecule has 0 saturated carbocycles. The third-order valence-corrected chi connectivity index (χ3v) is 3.31. The first-order valence-electron chi connectivity index (χ1n) is 6.01. The molecule has 2 rings (SSSR count). The number of β-lactam (4-membered cyclic amide) rings is 1. The second-order valence-electron chi connectivity index (χ2n) is 5.66. The molecule has 4 heteroatoms. The number of carbonyl (C=O) groups is 1. The van der Waals surface area contributed by atoms with Crippen molar-refractivity contribution in [3.05, 3.63) is 24.3 Å². The largest absolute Gasteiger partial charge is 0.497 e. The van der Waals surface area contributed by atoms with Crippen LogP contribution >= 0.6 is 0 Å². The van der Waals surface area contributed by atoms with Crippen LogP contribution in [0.3, 0.4) is 0 Å². The quantitative estimate of drug-likeness (QED) is 0.813. The maximum Gasteiger partial charge on any atom is 0.258 e. The topological polar surface area (TPSA) is 49.8 Å². The molecule has 1 fully saturated rings. The van der Waals surface area contributed by atoms with E-state index in [0.717, 1.165) is 11.4 Å². The van der Waals surface area contributed by atoms with E-state index in [2.05, 4.69) is 0 Å². The number of hydrogen-bond donors (Lipinski definition) is 1. The van der Waals surface area contributed by atoms with Gasteiger partial charge in [-0.3, -0.25) is 4.79 Å². The first kappa shape index (κ1) is 12.9. The van der Waals surface area contributed by atoms with Crippen LogP contribution in [0, 0.1) is 5.41 Å². The highest BCUT2D eigenvalue weighted by Gasteiger charge is 2.52. The van der Waals surface area contributed by atoms with Crippen LogP contribution in [0.15, 0.2) is 24.3 Å². The molecule has 1 aromatic rings. The van der Waals surface area contributed by atoms with E-state index in [1.165, 1.54) is 0 Å². The maximum atomic E-state index is 11.8. The molecule has 1 amide bonds. The van der Waals surface area contributed by atoms with E-state index in [1.54, 1.807) is 12.0 Å². The lowest BCUT2D eigenvalue weighted by molar-refractivity contribution is -0.140. The molecule has 1 N–H and O–H groups in total. The molecule has 0 unspecified atom stereocenters. The smallest absolute Gasteiger partial charge is 0.258 e. The molecule has 98 valence electrons. The summed E-state index contributed by atoms with van der Waals surface area (Å²) >= 11 is 0. The summed E-state index contributed by atoms with van der Waals surface area (Å²) in [5.74, 6) is 0.514. The number of hydrogen-bond acceptors (Lipinski definition) is 3. The van der Waals surface area contributed by atoms with Crippen LogP contribution < -0.4 is 9.64 Å². The van der Waals surface area contributed by atoms with Crippen molar-refractivity contribution in [2.24, 2.45) is 5.41 Å². The monoisotopic (exact) mass is 249 g/mol. The van der Waals surface area contributed by atoms with E-state index in [0.29, 0.717) is 0 Å². The predicted molar refractivity (Wildman–Crippen MR) is 69.7 cm³/mol. The average Bonchev–Trinajstić information content (AvgIpc) is 2.33. The van der Waals surface area contributed by atoms with Crippen molar-refractivity contribution < 1.29 is 14.6 Å². The van der Waals surface area contributed by atoms with E-state index in [9.17, 15) is 9.90 Å². The first-order chi connectivity index (χ1) is 8.36. The van der Waals surface area contributed by atoms with Crippen molar-refractivity contribution in [2.75, 3.05) is 12.0 Å². The Balaban J connectivity index is 2.28. The summed E-state index contributed by atoms with van der Waals surface area (Å²) in [5.41, 5.74) is 0.638. The number of methoxy groups -OCH3 is 1. The van der Waals surface area contributed by atoms with Gasteiger partial charge in [-0.05, 0) is 29.7 Å². The summed E-state index contributed by atoms with van der Waals surface area (Å²) in [5, 5.41) is 9.83. The van der Waals surface area contributed by atoms with Crippen LogP contribution in [-0.4, -0.2) is 30.3 Å². The van der Waals surface area contributed by atoms with Crippen molar-refractivity contribution in [3.63, 3.8) is 0 Å². The van der Waals surface area contributed by atoms with Crippen molar-refractivity contribution in [3.8, 4) is 5.75 Å². The SMILES string of the molecule is COc1ccc(N2C(=O)[C@H](O)[C@@H]2C(C)(C)C)cc1. The molecule has 1 saturated heterocycles. The third kappa shape index (κ3) is 1.97. The molecular weight excluding hydrogens is 230 g/mol. The number of benzene rings is 1. The van der Waals surface area contributed by atoms with Crippen LogP contribution in [-0.2, 0) is 4.79 Å². The predicted octanol–water partition coefficient (Wildman–Crippen LogP) is 1.82. The molecule has 1 aliphatic heterocycles. The molecule has 1 aliphatic rings. The molecule has 1 aromatic carbocycles. The molecular formula is C14H19NO3. The fourth-order valence-corrected chi connectivity index (χ4v) is 2.37. The van der Waals surface area contributed by atoms with Gasteiger partial charge >= 0.3 is 0 Å². The molecule has 0 aliphatic carbocycles. The van der Waals surface area contributed by atoms with Gasteiger partial charge in [0.1, 0.15) is 5.75 Å². The number of rotatable bonds is 2. The van der Waals surface area contributed by atoms with Crippen LogP contribution in [0.1, 0.15) is 20.8 Å². The summed E-state index contributed by atoms with van der Waals surface area (Å²) in [6.45, 7) is 6.05. The lowest BCUT2D eigenvalue weighted by Gasteiger charge is -2.50. The summed E-state index contributed by atoms with van der Waals surface area (Å²) in [4.78, 5) is 13.5. The summed E-state index contributed by atoms with van der Waals surface area (Å²) in [7, 11) is 1.60. The minimum absolute atomic E-state index is 0.159. The second kappa shape index (κ2) is 4.28. The molecule has 1 heterocycles. The van der Waals surface area contributed by atoms with Gasteiger partial charge in [0.25, 0.3) is 5.91 Å². The summed E-state index contributed by atoms with van der Waals surface area (Å²) < 4.78 is 5.09. The van der Waals surface area contributed by atoms with Crippen LogP contribution in [0.5, 0.6) is 5.75 Å². The number of carbonyl (C=O) groups excluding carboxylic acids is 1. The number of amides is 1. The van der Waals surface area contributed by atoms with Crippen molar-refractivity contribution >= 4 is 11.6 Å². The molecule has 18 heavy (non-hydrogen) atoms. The molecule has 0 spiro atoms. The average molecular weight is 249 g/mol. The van der Waals surface area contributed by atoms with Gasteiger partial charge in [-0.2, -0.15) is 0 Å². The first-order valence-corrected chi connectivity index (χ1v) is 6.01. The Morgan fingerprint density at radius 1 is 1.22 bits per heavy atom. The standard InChI is InChI=1S/C14H19NO3/c1-14(2,3)12-11(16)13(17)15(12)9-5-7-10(18-4)8-6-9/h5-8,11-12,16H,1-4H3/t11-,12-/m1/s1. The van der Waals surface area contributed by atoms with Crippen molar-refractivity contribution in [1.29, 1.82) is 0 Å². The normalized spacial score (nSPS) is 23.8. The lowest BCUT2D eigenvalue weighted by Crippen LogP contribution is -2.69. The number of aliphatic hydroxyl groups excluding tert-OH is 1. The van der Waals surface area contributed by atoms with Gasteiger partial charge in [0.15, 0.2) is 6.10 Å². The van der Waals surface area contributed by atoms with Gasteiger partial charge < -0.3 is 14.7 Å². The third-order valence-electron chi connectivity index (χ3n) is 3.31. The Hall–Kier alpha value is -1.55. The summed E-state index contributed by atoms with van der Waals surface area (Å²) in [6, 6.07) is 7.11. The second-order valence-corrected chi connectivity index (χ2v) is 5.66. The number of nitrogens with zero attached hydrogens (tertiary/aromatic N) is 1. The van der Waals surface area contributed by atoms with Gasteiger partial charge in [-0.1, -0.05) is 20.8 Å². The van der Waals surface area contributed by atoms with Crippen molar-refractivity contribution in [1.82, 2.24) is 0 Å². The van der Waals surface area contributed by atoms with E-state index >= 15 is 0 Å². The highest BCUT2D eigenvalue weighted by molar-refractivity contribution is 6.04. The number of aliphatic hydroxyl groups is 1. The van der Waals surface area contributed by atoms with Crippen LogP contribution in [0.25, 0.3) is 0 Å². The van der Waals surface area contributed by atoms with E-state index in [1.807, 2.05) is 45.0 Å². The van der Waals surface area contributed by atoms with E-state index in [-0.39, 0.29) is 17.4 Å². The Kier molecular flexibility index (Phi) is 3.07. The van der Waals surface area contributed by atoms with Gasteiger partial charge in [0.2, 0.25) is 0 Å². The zero-order valence-electron chi connectivity index (χ0n) is 11.2. The summed E-state index contributed by atoms with van der Waals surface area (Å²) in [6.07, 6.45) is -0.896. The van der Waals surface area contributed by atoms with Crippen molar-refractivity contribution in [2.45, 2.75) is 32.9 Å². The maximum absolute atomic E-state index is 11.8. The zero-order valence-corrected chi connectivity index (χ0v) is 11.2. The van der Waals surface area contributed by atoms with Gasteiger partial charge in [-0.25, -0.2) is 0 Å². The van der Waals surface area contributed by atoms with E-state index < -0.39 is 6.10 Å². The Morgan fingerprint density at radius 2 is 1.78 bits per heavy atom. The van der Waals surface area contributed by atoms with Gasteiger partial charge in [-0.15, -0.1) is 0 Å². The Labute approximate surface area is 107 Å². The highest BCUT2D eigenvalue weighted by atomic mass is 16.5. The number of ether oxygens (including phenoxy) is 1. The van der Waals surface area contributed by atoms with Crippen LogP contribution in [0.4, 0.5) is 5.69 Å². The molecule has 4 nitrogen and oxygen atoms in total. The molecule has 2 atom stereocenters. The molecule has 0 bridgehead atoms. The lowest BCUT2D eigenvalue weighted by atomic mass is 9.76. The Bertz CT molecular complexity index is 447. The Morgan fingerprint density at radius 3 is 2.22 bits per heavy atom. The minimum atomic E-state index is -0.896. The fraction of sp³-hybridized carbons (Fsp3) is 0.500.